The zero-order valence-electron chi connectivity index (χ0n) is 5.23. The largest absolute Gasteiger partial charge is 0.401 e. The lowest BCUT2D eigenvalue weighted by Gasteiger charge is -1.98. The molecule has 0 aromatic rings. The normalized spacial score (nSPS) is 12.2. The Labute approximate surface area is 49.3 Å². The molecule has 0 bridgehead atoms. The summed E-state index contributed by atoms with van der Waals surface area (Å²) < 4.78 is 0. The standard InChI is InChI=1S/C5H11N3/c1-4(6)5(2)8-7-3/h8H,3,6H2,1-2H3/b5-4-. The van der Waals surface area contributed by atoms with Crippen LogP contribution in [-0.4, -0.2) is 6.72 Å². The van der Waals surface area contributed by atoms with Gasteiger partial charge in [0.1, 0.15) is 0 Å². The summed E-state index contributed by atoms with van der Waals surface area (Å²) in [6, 6.07) is 0. The Morgan fingerprint density at radius 2 is 2.12 bits per heavy atom. The molecule has 46 valence electrons. The maximum atomic E-state index is 5.35. The van der Waals surface area contributed by atoms with Crippen molar-refractivity contribution in [2.45, 2.75) is 13.8 Å². The SMILES string of the molecule is C=NN/C(C)=C(/C)N. The van der Waals surface area contributed by atoms with Crippen LogP contribution in [0.1, 0.15) is 13.8 Å². The van der Waals surface area contributed by atoms with Crippen molar-refractivity contribution in [2.75, 3.05) is 0 Å². The monoisotopic (exact) mass is 113 g/mol. The highest BCUT2D eigenvalue weighted by Gasteiger charge is 1.84. The van der Waals surface area contributed by atoms with Gasteiger partial charge in [-0.2, -0.15) is 5.10 Å². The first-order chi connectivity index (χ1) is 3.68. The number of nitrogens with one attached hydrogen (secondary N) is 1. The van der Waals surface area contributed by atoms with E-state index in [0.717, 1.165) is 11.4 Å². The Morgan fingerprint density at radius 3 is 2.25 bits per heavy atom. The molecule has 0 radical (unpaired) electrons. The highest BCUT2D eigenvalue weighted by molar-refractivity contribution is 5.23. The molecule has 0 aromatic carbocycles. The van der Waals surface area contributed by atoms with Gasteiger partial charge in [0, 0.05) is 18.1 Å². The van der Waals surface area contributed by atoms with Gasteiger partial charge >= 0.3 is 0 Å². The summed E-state index contributed by atoms with van der Waals surface area (Å²) >= 11 is 0. The first-order valence-corrected chi connectivity index (χ1v) is 2.33. The van der Waals surface area contributed by atoms with Crippen LogP contribution in [0.5, 0.6) is 0 Å². The topological polar surface area (TPSA) is 50.4 Å². The lowest BCUT2D eigenvalue weighted by atomic mass is 10.4. The molecule has 0 fully saturated rings. The highest BCUT2D eigenvalue weighted by Crippen LogP contribution is 1.88. The Bertz CT molecular complexity index is 111. The summed E-state index contributed by atoms with van der Waals surface area (Å²) in [5.74, 6) is 0. The van der Waals surface area contributed by atoms with Gasteiger partial charge < -0.3 is 5.73 Å². The van der Waals surface area contributed by atoms with E-state index < -0.39 is 0 Å². The Morgan fingerprint density at radius 1 is 1.62 bits per heavy atom. The van der Waals surface area contributed by atoms with Crippen LogP contribution in [0.3, 0.4) is 0 Å². The van der Waals surface area contributed by atoms with Gasteiger partial charge in [0.2, 0.25) is 0 Å². The van der Waals surface area contributed by atoms with Crippen molar-refractivity contribution < 1.29 is 0 Å². The number of hydrazone groups is 1. The van der Waals surface area contributed by atoms with Crippen molar-refractivity contribution in [3.05, 3.63) is 11.4 Å². The zero-order chi connectivity index (χ0) is 6.57. The molecule has 0 aliphatic rings. The Hall–Kier alpha value is -0.990. The van der Waals surface area contributed by atoms with Gasteiger partial charge in [-0.25, -0.2) is 0 Å². The quantitative estimate of drug-likeness (QED) is 0.402. The van der Waals surface area contributed by atoms with Gasteiger partial charge in [-0.05, 0) is 13.8 Å². The molecule has 0 spiro atoms. The van der Waals surface area contributed by atoms with Crippen molar-refractivity contribution in [2.24, 2.45) is 10.8 Å². The number of hydrogen-bond donors (Lipinski definition) is 2. The maximum absolute atomic E-state index is 5.35. The van der Waals surface area contributed by atoms with Crippen molar-refractivity contribution in [1.82, 2.24) is 5.43 Å². The number of nitrogens with zero attached hydrogens (tertiary/aromatic N) is 1. The average molecular weight is 113 g/mol. The predicted molar refractivity (Wildman–Crippen MR) is 35.2 cm³/mol. The van der Waals surface area contributed by atoms with Gasteiger partial charge in [0.15, 0.2) is 0 Å². The van der Waals surface area contributed by atoms with E-state index in [0.29, 0.717) is 0 Å². The van der Waals surface area contributed by atoms with Crippen LogP contribution in [0, 0.1) is 0 Å². The van der Waals surface area contributed by atoms with Crippen molar-refractivity contribution in [3.8, 4) is 0 Å². The second-order valence-electron chi connectivity index (χ2n) is 1.58. The minimum atomic E-state index is 0.734. The van der Waals surface area contributed by atoms with Gasteiger partial charge in [-0.15, -0.1) is 0 Å². The average Bonchev–Trinajstić information content (AvgIpc) is 1.67. The second-order valence-corrected chi connectivity index (χ2v) is 1.58. The first-order valence-electron chi connectivity index (χ1n) is 2.33. The van der Waals surface area contributed by atoms with Crippen molar-refractivity contribution in [3.63, 3.8) is 0 Å². The van der Waals surface area contributed by atoms with Crippen LogP contribution >= 0.6 is 0 Å². The zero-order valence-corrected chi connectivity index (χ0v) is 5.23. The minimum absolute atomic E-state index is 0.734. The lowest BCUT2D eigenvalue weighted by molar-refractivity contribution is 0.871. The van der Waals surface area contributed by atoms with E-state index in [1.165, 1.54) is 0 Å². The van der Waals surface area contributed by atoms with E-state index in [-0.39, 0.29) is 0 Å². The van der Waals surface area contributed by atoms with Crippen LogP contribution in [0.25, 0.3) is 0 Å². The van der Waals surface area contributed by atoms with Crippen LogP contribution in [-0.2, 0) is 0 Å². The fraction of sp³-hybridized carbons (Fsp3) is 0.400. The molecule has 0 saturated carbocycles. The fourth-order valence-electron chi connectivity index (χ4n) is 0.207. The smallest absolute Gasteiger partial charge is 0.0488 e. The van der Waals surface area contributed by atoms with Crippen molar-refractivity contribution >= 4 is 6.72 Å². The number of nitrogens with two attached hydrogens (primary N) is 1. The fourth-order valence-corrected chi connectivity index (χ4v) is 0.207. The van der Waals surface area contributed by atoms with Crippen LogP contribution in [0.15, 0.2) is 16.5 Å². The summed E-state index contributed by atoms with van der Waals surface area (Å²) in [5, 5.41) is 3.42. The molecule has 0 rings (SSSR count). The molecule has 0 unspecified atom stereocenters. The Balaban J connectivity index is 3.79. The van der Waals surface area contributed by atoms with Gasteiger partial charge in [0.05, 0.1) is 0 Å². The summed E-state index contributed by atoms with van der Waals surface area (Å²) in [4.78, 5) is 0. The van der Waals surface area contributed by atoms with Crippen molar-refractivity contribution in [1.29, 1.82) is 0 Å². The predicted octanol–water partition coefficient (Wildman–Crippen LogP) is 0.402. The lowest BCUT2D eigenvalue weighted by Crippen LogP contribution is -2.07. The van der Waals surface area contributed by atoms with Gasteiger partial charge in [0.25, 0.3) is 0 Å². The first kappa shape index (κ1) is 7.01. The molecule has 8 heavy (non-hydrogen) atoms. The van der Waals surface area contributed by atoms with E-state index in [9.17, 15) is 0 Å². The molecular weight excluding hydrogens is 102 g/mol. The number of hydrogen-bond acceptors (Lipinski definition) is 3. The molecular formula is C5H11N3. The molecule has 3 heteroatoms. The highest BCUT2D eigenvalue weighted by atomic mass is 15.3. The summed E-state index contributed by atoms with van der Waals surface area (Å²) in [7, 11) is 0. The number of rotatable bonds is 2. The van der Waals surface area contributed by atoms with E-state index in [2.05, 4.69) is 17.2 Å². The molecule has 3 nitrogen and oxygen atoms in total. The molecule has 0 heterocycles. The molecule has 0 aliphatic heterocycles. The summed E-state index contributed by atoms with van der Waals surface area (Å²) in [6.45, 7) is 6.87. The molecule has 0 amide bonds. The third kappa shape index (κ3) is 2.23. The second kappa shape index (κ2) is 3.07. The van der Waals surface area contributed by atoms with Crippen LogP contribution in [0.2, 0.25) is 0 Å². The van der Waals surface area contributed by atoms with Gasteiger partial charge in [-0.3, -0.25) is 5.43 Å². The summed E-state index contributed by atoms with van der Waals surface area (Å²) in [5.41, 5.74) is 9.55. The van der Waals surface area contributed by atoms with Crippen LogP contribution in [0.4, 0.5) is 0 Å². The molecule has 0 aliphatic carbocycles. The van der Waals surface area contributed by atoms with E-state index in [1.54, 1.807) is 6.92 Å². The molecule has 0 atom stereocenters. The third-order valence-electron chi connectivity index (χ3n) is 0.838. The number of allylic oxidation sites excluding steroid dienone is 2. The summed E-state index contributed by atoms with van der Waals surface area (Å²) in [6.07, 6.45) is 0. The maximum Gasteiger partial charge on any atom is 0.0488 e. The molecule has 0 aromatic heterocycles. The third-order valence-corrected chi connectivity index (χ3v) is 0.838. The van der Waals surface area contributed by atoms with E-state index in [1.807, 2.05) is 6.92 Å². The van der Waals surface area contributed by atoms with Crippen LogP contribution < -0.4 is 11.2 Å². The van der Waals surface area contributed by atoms with E-state index in [4.69, 9.17) is 5.73 Å². The molecule has 0 saturated heterocycles. The Kier molecular flexibility index (Phi) is 2.69. The van der Waals surface area contributed by atoms with Gasteiger partial charge in [-0.1, -0.05) is 0 Å². The van der Waals surface area contributed by atoms with E-state index >= 15 is 0 Å². The molecule has 3 N–H and O–H groups in total. The minimum Gasteiger partial charge on any atom is -0.401 e.